The fraction of sp³-hybridized carbons (Fsp3) is 0.250. The van der Waals surface area contributed by atoms with E-state index in [0.717, 1.165) is 11.1 Å². The Balaban J connectivity index is 0.000000200. The van der Waals surface area contributed by atoms with Crippen LogP contribution in [0.4, 0.5) is 0 Å². The summed E-state index contributed by atoms with van der Waals surface area (Å²) < 4.78 is 0. The summed E-state index contributed by atoms with van der Waals surface area (Å²) in [5.74, 6) is 0.521. The minimum atomic E-state index is 0.0809. The molecule has 0 aliphatic heterocycles. The van der Waals surface area contributed by atoms with Crippen LogP contribution >= 0.6 is 0 Å². The second-order valence-electron chi connectivity index (χ2n) is 4.20. The van der Waals surface area contributed by atoms with Crippen molar-refractivity contribution in [3.63, 3.8) is 0 Å². The molecule has 0 aromatic heterocycles. The van der Waals surface area contributed by atoms with Gasteiger partial charge in [-0.25, -0.2) is 0 Å². The predicted molar refractivity (Wildman–Crippen MR) is 77.8 cm³/mol. The van der Waals surface area contributed by atoms with Gasteiger partial charge in [0.15, 0.2) is 0 Å². The normalized spacial score (nSPS) is 9.70. The van der Waals surface area contributed by atoms with Crippen molar-refractivity contribution in [2.24, 2.45) is 0 Å². The molecule has 0 aliphatic carbocycles. The first-order chi connectivity index (χ1) is 9.69. The number of aliphatic hydroxyl groups is 2. The van der Waals surface area contributed by atoms with Crippen LogP contribution in [0.2, 0.25) is 0 Å². The van der Waals surface area contributed by atoms with Crippen LogP contribution in [-0.2, 0) is 12.8 Å². The maximum atomic E-state index is 9.13. The molecule has 2 aromatic carbocycles. The molecule has 2 aromatic rings. The molecule has 0 bridgehead atoms. The summed E-state index contributed by atoms with van der Waals surface area (Å²) in [6.45, 7) is 0.162. The standard InChI is InChI=1S/2C8H10O2/c2*9-6-5-7-3-1-2-4-8(7)10/h2*1-4,9-10H,5-6H2. The van der Waals surface area contributed by atoms with Crippen molar-refractivity contribution >= 4 is 0 Å². The molecule has 0 radical (unpaired) electrons. The molecule has 0 atom stereocenters. The van der Waals surface area contributed by atoms with Gasteiger partial charge < -0.3 is 20.4 Å². The molecule has 0 heterocycles. The highest BCUT2D eigenvalue weighted by molar-refractivity contribution is 5.32. The third kappa shape index (κ3) is 5.30. The zero-order valence-electron chi connectivity index (χ0n) is 11.2. The first kappa shape index (κ1) is 16.0. The smallest absolute Gasteiger partial charge is 0.118 e. The van der Waals surface area contributed by atoms with Gasteiger partial charge in [0.25, 0.3) is 0 Å². The lowest BCUT2D eigenvalue weighted by molar-refractivity contribution is 0.297. The molecule has 0 unspecified atom stereocenters. The molecule has 20 heavy (non-hydrogen) atoms. The second kappa shape index (κ2) is 8.96. The second-order valence-corrected chi connectivity index (χ2v) is 4.20. The van der Waals surface area contributed by atoms with E-state index in [-0.39, 0.29) is 24.7 Å². The SMILES string of the molecule is OCCc1ccccc1O.OCCc1ccccc1O. The molecule has 4 N–H and O–H groups in total. The lowest BCUT2D eigenvalue weighted by atomic mass is 10.1. The highest BCUT2D eigenvalue weighted by Gasteiger charge is 1.96. The molecular formula is C16H20O4. The van der Waals surface area contributed by atoms with Gasteiger partial charge in [-0.1, -0.05) is 36.4 Å². The number of phenols is 2. The van der Waals surface area contributed by atoms with Crippen LogP contribution in [0.25, 0.3) is 0 Å². The Bertz CT molecular complexity index is 464. The molecule has 0 saturated heterocycles. The number of hydrogen-bond acceptors (Lipinski definition) is 4. The van der Waals surface area contributed by atoms with Crippen molar-refractivity contribution in [2.45, 2.75) is 12.8 Å². The van der Waals surface area contributed by atoms with Crippen molar-refractivity contribution in [3.8, 4) is 11.5 Å². The molecule has 0 spiro atoms. The monoisotopic (exact) mass is 276 g/mol. The summed E-state index contributed by atoms with van der Waals surface area (Å²) in [7, 11) is 0. The molecule has 0 aliphatic rings. The van der Waals surface area contributed by atoms with Crippen molar-refractivity contribution < 1.29 is 20.4 Å². The summed E-state index contributed by atoms with van der Waals surface area (Å²) in [5, 5.41) is 35.3. The molecule has 0 amide bonds. The van der Waals surface area contributed by atoms with E-state index >= 15 is 0 Å². The van der Waals surface area contributed by atoms with Gasteiger partial charge in [-0.2, -0.15) is 0 Å². The van der Waals surface area contributed by atoms with Gasteiger partial charge in [-0.15, -0.1) is 0 Å². The van der Waals surface area contributed by atoms with Crippen molar-refractivity contribution in [2.75, 3.05) is 13.2 Å². The Morgan fingerprint density at radius 2 is 0.950 bits per heavy atom. The van der Waals surface area contributed by atoms with Crippen LogP contribution in [0.3, 0.4) is 0 Å². The summed E-state index contributed by atoms with van der Waals surface area (Å²) >= 11 is 0. The van der Waals surface area contributed by atoms with Crippen LogP contribution in [0, 0.1) is 0 Å². The van der Waals surface area contributed by atoms with Crippen LogP contribution in [0.15, 0.2) is 48.5 Å². The molecular weight excluding hydrogens is 256 g/mol. The fourth-order valence-corrected chi connectivity index (χ4v) is 1.69. The van der Waals surface area contributed by atoms with Crippen LogP contribution < -0.4 is 0 Å². The van der Waals surface area contributed by atoms with E-state index in [4.69, 9.17) is 20.4 Å². The molecule has 2 rings (SSSR count). The fourth-order valence-electron chi connectivity index (χ4n) is 1.69. The Kier molecular flexibility index (Phi) is 7.17. The Hall–Kier alpha value is -2.04. The van der Waals surface area contributed by atoms with Gasteiger partial charge in [0, 0.05) is 13.2 Å². The van der Waals surface area contributed by atoms with Crippen LogP contribution in [0.5, 0.6) is 11.5 Å². The topological polar surface area (TPSA) is 80.9 Å². The first-order valence-electron chi connectivity index (χ1n) is 6.44. The summed E-state index contributed by atoms with van der Waals surface area (Å²) in [5.41, 5.74) is 1.59. The Morgan fingerprint density at radius 1 is 0.600 bits per heavy atom. The average molecular weight is 276 g/mol. The number of rotatable bonds is 4. The summed E-state index contributed by atoms with van der Waals surface area (Å²) in [6.07, 6.45) is 1.04. The quantitative estimate of drug-likeness (QED) is 0.687. The minimum Gasteiger partial charge on any atom is -0.508 e. The number of hydrogen-bond donors (Lipinski definition) is 4. The first-order valence-corrected chi connectivity index (χ1v) is 6.44. The highest BCUT2D eigenvalue weighted by atomic mass is 16.3. The zero-order valence-corrected chi connectivity index (χ0v) is 11.2. The maximum Gasteiger partial charge on any atom is 0.118 e. The molecule has 0 fully saturated rings. The number of aromatic hydroxyl groups is 2. The van der Waals surface area contributed by atoms with Gasteiger partial charge in [0.1, 0.15) is 11.5 Å². The number of para-hydroxylation sites is 2. The van der Waals surface area contributed by atoms with Gasteiger partial charge in [-0.3, -0.25) is 0 Å². The van der Waals surface area contributed by atoms with E-state index < -0.39 is 0 Å². The van der Waals surface area contributed by atoms with Crippen molar-refractivity contribution in [1.82, 2.24) is 0 Å². The largest absolute Gasteiger partial charge is 0.508 e. The minimum absolute atomic E-state index is 0.0809. The Morgan fingerprint density at radius 3 is 1.25 bits per heavy atom. The van der Waals surface area contributed by atoms with Gasteiger partial charge in [0.05, 0.1) is 0 Å². The third-order valence-corrected chi connectivity index (χ3v) is 2.75. The average Bonchev–Trinajstić information content (AvgIpc) is 2.45. The lowest BCUT2D eigenvalue weighted by Gasteiger charge is -1.99. The molecule has 4 heteroatoms. The molecule has 108 valence electrons. The predicted octanol–water partition coefficient (Wildman–Crippen LogP) is 1.85. The third-order valence-electron chi connectivity index (χ3n) is 2.75. The van der Waals surface area contributed by atoms with Crippen LogP contribution in [-0.4, -0.2) is 33.6 Å². The van der Waals surface area contributed by atoms with Gasteiger partial charge >= 0.3 is 0 Å². The van der Waals surface area contributed by atoms with Gasteiger partial charge in [0.2, 0.25) is 0 Å². The molecule has 4 nitrogen and oxygen atoms in total. The van der Waals surface area contributed by atoms with E-state index in [1.165, 1.54) is 0 Å². The number of aliphatic hydroxyl groups excluding tert-OH is 2. The van der Waals surface area contributed by atoms with Crippen LogP contribution in [0.1, 0.15) is 11.1 Å². The van der Waals surface area contributed by atoms with E-state index in [1.54, 1.807) is 36.4 Å². The number of phenolic OH excluding ortho intramolecular Hbond substituents is 2. The lowest BCUT2D eigenvalue weighted by Crippen LogP contribution is -1.89. The van der Waals surface area contributed by atoms with E-state index in [0.29, 0.717) is 12.8 Å². The summed E-state index contributed by atoms with van der Waals surface area (Å²) in [4.78, 5) is 0. The van der Waals surface area contributed by atoms with Crippen molar-refractivity contribution in [1.29, 1.82) is 0 Å². The number of benzene rings is 2. The maximum absolute atomic E-state index is 9.13. The van der Waals surface area contributed by atoms with Gasteiger partial charge in [-0.05, 0) is 36.1 Å². The Labute approximate surface area is 118 Å². The van der Waals surface area contributed by atoms with E-state index in [1.807, 2.05) is 12.1 Å². The summed E-state index contributed by atoms with van der Waals surface area (Å²) in [6, 6.07) is 14.0. The van der Waals surface area contributed by atoms with E-state index in [2.05, 4.69) is 0 Å². The van der Waals surface area contributed by atoms with E-state index in [9.17, 15) is 0 Å². The van der Waals surface area contributed by atoms with Crippen molar-refractivity contribution in [3.05, 3.63) is 59.7 Å². The molecule has 0 saturated carbocycles. The highest BCUT2D eigenvalue weighted by Crippen LogP contribution is 2.15. The zero-order chi connectivity index (χ0) is 14.8.